The molecule has 1 amide bonds. The molecule has 0 unspecified atom stereocenters. The van der Waals surface area contributed by atoms with Gasteiger partial charge in [-0.15, -0.1) is 0 Å². The van der Waals surface area contributed by atoms with E-state index in [0.717, 1.165) is 0 Å². The Hall–Kier alpha value is -4.79. The predicted octanol–water partition coefficient (Wildman–Crippen LogP) is 6.13. The van der Waals surface area contributed by atoms with Crippen molar-refractivity contribution >= 4 is 40.8 Å². The summed E-state index contributed by atoms with van der Waals surface area (Å²) in [5.74, 6) is -3.01. The second-order valence-electron chi connectivity index (χ2n) is 13.0. The summed E-state index contributed by atoms with van der Waals surface area (Å²) in [7, 11) is 0. The molecule has 0 radical (unpaired) electrons. The summed E-state index contributed by atoms with van der Waals surface area (Å²) in [5, 5.41) is 6.07. The van der Waals surface area contributed by atoms with E-state index in [1.165, 1.54) is 0 Å². The van der Waals surface area contributed by atoms with E-state index in [9.17, 15) is 24.0 Å². The van der Waals surface area contributed by atoms with Crippen molar-refractivity contribution in [2.24, 2.45) is 5.92 Å². The average molecular weight is 613 g/mol. The number of amides is 1. The van der Waals surface area contributed by atoms with Crippen LogP contribution >= 0.6 is 0 Å². The summed E-state index contributed by atoms with van der Waals surface area (Å²) < 4.78 is 11.0. The van der Waals surface area contributed by atoms with Crippen LogP contribution in [0.25, 0.3) is 0 Å². The molecule has 0 saturated carbocycles. The maximum absolute atomic E-state index is 13.2. The molecule has 1 aliphatic carbocycles. The molecule has 0 aromatic heterocycles. The van der Waals surface area contributed by atoms with Crippen LogP contribution in [0.5, 0.6) is 0 Å². The molecule has 0 bridgehead atoms. The minimum absolute atomic E-state index is 0.0899. The van der Waals surface area contributed by atoms with Crippen LogP contribution in [-0.4, -0.2) is 47.2 Å². The lowest BCUT2D eigenvalue weighted by Gasteiger charge is -2.26. The molecule has 0 aliphatic heterocycles. The third-order valence-electron chi connectivity index (χ3n) is 6.91. The van der Waals surface area contributed by atoms with Crippen LogP contribution in [-0.2, 0) is 30.3 Å². The highest BCUT2D eigenvalue weighted by Gasteiger charge is 2.35. The number of fused-ring (bicyclic) bond motifs is 2. The zero-order chi connectivity index (χ0) is 32.9. The molecule has 9 heteroatoms. The number of esters is 2. The van der Waals surface area contributed by atoms with E-state index in [2.05, 4.69) is 10.6 Å². The first kappa shape index (κ1) is 33.1. The lowest BCUT2D eigenvalue weighted by molar-refractivity contribution is -0.174. The first-order valence-corrected chi connectivity index (χ1v) is 15.0. The van der Waals surface area contributed by atoms with Crippen LogP contribution in [0.1, 0.15) is 91.8 Å². The van der Waals surface area contributed by atoms with Gasteiger partial charge in [-0.1, -0.05) is 48.5 Å². The molecule has 4 rings (SSSR count). The van der Waals surface area contributed by atoms with Gasteiger partial charge in [0.2, 0.25) is 5.91 Å². The standard InChI is InChI=1S/C36H40N2O7/c1-35(2,3)44-33(42)27(34(43)45-36(4,5)6)21-22-16-18-23(19-17-22)38-29(39)15-10-20-37-28-14-9-13-26-30(28)32(41)25-12-8-7-11-24(25)31(26)40/h7-9,11-14,16-19,27,37H,10,15,20-21H2,1-6H3,(H,38,39). The molecule has 0 atom stereocenters. The number of anilines is 2. The first-order valence-electron chi connectivity index (χ1n) is 15.0. The summed E-state index contributed by atoms with van der Waals surface area (Å²) in [6.45, 7) is 10.8. The Bertz CT molecular complexity index is 1580. The molecule has 1 aliphatic rings. The Balaban J connectivity index is 1.31. The Labute approximate surface area is 263 Å². The highest BCUT2D eigenvalue weighted by molar-refractivity contribution is 6.30. The lowest BCUT2D eigenvalue weighted by Crippen LogP contribution is -2.38. The number of ether oxygens (including phenoxy) is 2. The van der Waals surface area contributed by atoms with Gasteiger partial charge in [-0.05, 0) is 78.1 Å². The molecular formula is C36H40N2O7. The number of rotatable bonds is 10. The minimum atomic E-state index is -1.13. The predicted molar refractivity (Wildman–Crippen MR) is 171 cm³/mol. The molecule has 0 spiro atoms. The second kappa shape index (κ2) is 13.5. The largest absolute Gasteiger partial charge is 0.459 e. The van der Waals surface area contributed by atoms with Gasteiger partial charge in [-0.25, -0.2) is 0 Å². The van der Waals surface area contributed by atoms with Gasteiger partial charge in [0.25, 0.3) is 0 Å². The van der Waals surface area contributed by atoms with Crippen molar-refractivity contribution in [2.75, 3.05) is 17.2 Å². The average Bonchev–Trinajstić information content (AvgIpc) is 2.95. The molecule has 45 heavy (non-hydrogen) atoms. The Kier molecular flexibility index (Phi) is 9.91. The van der Waals surface area contributed by atoms with Crippen molar-refractivity contribution in [2.45, 2.75) is 72.0 Å². The van der Waals surface area contributed by atoms with Crippen molar-refractivity contribution in [1.82, 2.24) is 0 Å². The number of ketones is 2. The third-order valence-corrected chi connectivity index (χ3v) is 6.91. The van der Waals surface area contributed by atoms with Crippen LogP contribution in [0.3, 0.4) is 0 Å². The fourth-order valence-corrected chi connectivity index (χ4v) is 4.96. The summed E-state index contributed by atoms with van der Waals surface area (Å²) >= 11 is 0. The molecule has 9 nitrogen and oxygen atoms in total. The summed E-state index contributed by atoms with van der Waals surface area (Å²) in [6.07, 6.45) is 0.797. The Morgan fingerprint density at radius 3 is 1.84 bits per heavy atom. The molecule has 236 valence electrons. The van der Waals surface area contributed by atoms with E-state index in [1.54, 1.807) is 108 Å². The van der Waals surface area contributed by atoms with Crippen LogP contribution in [0.4, 0.5) is 11.4 Å². The maximum Gasteiger partial charge on any atom is 0.321 e. The van der Waals surface area contributed by atoms with E-state index in [1.807, 2.05) is 0 Å². The van der Waals surface area contributed by atoms with Crippen LogP contribution in [0.2, 0.25) is 0 Å². The van der Waals surface area contributed by atoms with Crippen molar-refractivity contribution in [3.63, 3.8) is 0 Å². The highest BCUT2D eigenvalue weighted by atomic mass is 16.6. The Morgan fingerprint density at radius 2 is 1.27 bits per heavy atom. The zero-order valence-corrected chi connectivity index (χ0v) is 26.6. The van der Waals surface area contributed by atoms with Crippen molar-refractivity contribution in [3.8, 4) is 0 Å². The summed E-state index contributed by atoms with van der Waals surface area (Å²) in [5.41, 5.74) is 1.84. The van der Waals surface area contributed by atoms with Crippen LogP contribution < -0.4 is 10.6 Å². The van der Waals surface area contributed by atoms with Crippen molar-refractivity contribution < 1.29 is 33.4 Å². The van der Waals surface area contributed by atoms with Gasteiger partial charge in [0, 0.05) is 41.0 Å². The molecule has 3 aromatic carbocycles. The lowest BCUT2D eigenvalue weighted by atomic mass is 9.83. The SMILES string of the molecule is CC(C)(C)OC(=O)C(Cc1ccc(NC(=O)CCCNc2cccc3c2C(=O)c2ccccc2C3=O)cc1)C(=O)OC(C)(C)C. The molecule has 0 saturated heterocycles. The zero-order valence-electron chi connectivity index (χ0n) is 26.6. The quantitative estimate of drug-likeness (QED) is 0.124. The number of carbonyl (C=O) groups is 5. The van der Waals surface area contributed by atoms with E-state index < -0.39 is 29.1 Å². The van der Waals surface area contributed by atoms with Gasteiger partial charge < -0.3 is 20.1 Å². The van der Waals surface area contributed by atoms with Gasteiger partial charge in [0.15, 0.2) is 17.5 Å². The summed E-state index contributed by atoms with van der Waals surface area (Å²) in [4.78, 5) is 64.5. The third kappa shape index (κ3) is 8.65. The van der Waals surface area contributed by atoms with Gasteiger partial charge in [-0.2, -0.15) is 0 Å². The fraction of sp³-hybridized carbons (Fsp3) is 0.361. The summed E-state index contributed by atoms with van der Waals surface area (Å²) in [6, 6.07) is 18.9. The number of carbonyl (C=O) groups excluding carboxylic acids is 5. The molecule has 2 N–H and O–H groups in total. The number of hydrogen-bond acceptors (Lipinski definition) is 8. The van der Waals surface area contributed by atoms with Gasteiger partial charge in [0.1, 0.15) is 11.2 Å². The van der Waals surface area contributed by atoms with Crippen molar-refractivity contribution in [1.29, 1.82) is 0 Å². The maximum atomic E-state index is 13.2. The molecule has 3 aromatic rings. The van der Waals surface area contributed by atoms with Crippen molar-refractivity contribution in [3.05, 3.63) is 94.5 Å². The highest BCUT2D eigenvalue weighted by Crippen LogP contribution is 2.32. The van der Waals surface area contributed by atoms with E-state index in [-0.39, 0.29) is 30.3 Å². The van der Waals surface area contributed by atoms with E-state index in [4.69, 9.17) is 9.47 Å². The number of nitrogens with one attached hydrogen (secondary N) is 2. The second-order valence-corrected chi connectivity index (χ2v) is 13.0. The van der Waals surface area contributed by atoms with Gasteiger partial charge in [-0.3, -0.25) is 24.0 Å². The smallest absolute Gasteiger partial charge is 0.321 e. The molecule has 0 fully saturated rings. The van der Waals surface area contributed by atoms with E-state index >= 15 is 0 Å². The number of hydrogen-bond donors (Lipinski definition) is 2. The molecular weight excluding hydrogens is 572 g/mol. The molecule has 0 heterocycles. The topological polar surface area (TPSA) is 128 Å². The van der Waals surface area contributed by atoms with Crippen LogP contribution in [0, 0.1) is 5.92 Å². The minimum Gasteiger partial charge on any atom is -0.459 e. The number of benzene rings is 3. The van der Waals surface area contributed by atoms with Gasteiger partial charge in [0.05, 0.1) is 5.56 Å². The fourth-order valence-electron chi connectivity index (χ4n) is 4.96. The van der Waals surface area contributed by atoms with Gasteiger partial charge >= 0.3 is 11.9 Å². The van der Waals surface area contributed by atoms with E-state index in [0.29, 0.717) is 52.2 Å². The first-order chi connectivity index (χ1) is 21.1. The van der Waals surface area contributed by atoms with Crippen LogP contribution in [0.15, 0.2) is 66.7 Å². The normalized spacial score (nSPS) is 12.7. The Morgan fingerprint density at radius 1 is 0.711 bits per heavy atom. The monoisotopic (exact) mass is 612 g/mol.